The van der Waals surface area contributed by atoms with E-state index < -0.39 is 16.9 Å². The van der Waals surface area contributed by atoms with Crippen molar-refractivity contribution in [1.29, 1.82) is 0 Å². The average Bonchev–Trinajstić information content (AvgIpc) is 3.01. The Bertz CT molecular complexity index is 887. The van der Waals surface area contributed by atoms with Gasteiger partial charge in [-0.15, -0.1) is 0 Å². The molecule has 0 aliphatic carbocycles. The van der Waals surface area contributed by atoms with E-state index in [4.69, 9.17) is 4.42 Å². The van der Waals surface area contributed by atoms with Crippen LogP contribution in [-0.4, -0.2) is 21.8 Å². The number of halogens is 2. The maximum Gasteiger partial charge on any atom is 0.329 e. The van der Waals surface area contributed by atoms with Gasteiger partial charge in [0.15, 0.2) is 3.77 Å². The first-order valence-corrected chi connectivity index (χ1v) is 8.75. The molecule has 3 rings (SSSR count). The molecule has 1 fully saturated rings. The molecule has 0 atom stereocenters. The smallest absolute Gasteiger partial charge is 0.329 e. The summed E-state index contributed by atoms with van der Waals surface area (Å²) in [5, 5.41) is 13.2. The third-order valence-electron chi connectivity index (χ3n) is 3.40. The lowest BCUT2D eigenvalue weighted by Crippen LogP contribution is -2.30. The van der Waals surface area contributed by atoms with E-state index >= 15 is 0 Å². The van der Waals surface area contributed by atoms with E-state index in [1.165, 1.54) is 30.3 Å². The van der Waals surface area contributed by atoms with Crippen LogP contribution in [0.5, 0.6) is 0 Å². The number of carbonyl (C=O) groups is 2. The Balaban J connectivity index is 1.78. The molecule has 0 unspecified atom stereocenters. The number of nitro groups is 1. The second-order valence-electron chi connectivity index (χ2n) is 5.07. The number of hydrogen-bond acceptors (Lipinski definition) is 5. The summed E-state index contributed by atoms with van der Waals surface area (Å²) >= 11 is 5.30. The highest BCUT2D eigenvalue weighted by molar-refractivity contribution is 14.1. The van der Waals surface area contributed by atoms with Crippen LogP contribution in [0.15, 0.2) is 44.9 Å². The molecule has 10 heteroatoms. The van der Waals surface area contributed by atoms with Crippen molar-refractivity contribution >= 4 is 62.2 Å². The molecular formula is C15H9BrIN3O5. The molecular weight excluding hydrogens is 509 g/mol. The average molecular weight is 518 g/mol. The standard InChI is InChI=1S/C15H9BrIN3O5/c16-11-5-10(25-13(11)17)6-12-14(21)19(15(22)18-12)7-8-1-3-9(4-2-8)20(23)24/h1-6H,7H2,(H,18,22)/b12-6-. The molecule has 3 amide bonds. The highest BCUT2D eigenvalue weighted by Gasteiger charge is 2.33. The molecule has 8 nitrogen and oxygen atoms in total. The second-order valence-corrected chi connectivity index (χ2v) is 6.91. The summed E-state index contributed by atoms with van der Waals surface area (Å²) in [5.74, 6) is -0.0667. The number of benzene rings is 1. The summed E-state index contributed by atoms with van der Waals surface area (Å²) in [6, 6.07) is 6.79. The van der Waals surface area contributed by atoms with Crippen LogP contribution in [0.25, 0.3) is 6.08 Å². The largest absolute Gasteiger partial charge is 0.450 e. The highest BCUT2D eigenvalue weighted by Crippen LogP contribution is 2.25. The lowest BCUT2D eigenvalue weighted by molar-refractivity contribution is -0.384. The SMILES string of the molecule is O=C1N/C(=C\c2cc(Br)c(I)o2)C(=O)N1Cc1ccc([N+](=O)[O-])cc1. The molecule has 128 valence electrons. The molecule has 1 aliphatic rings. The zero-order valence-corrected chi connectivity index (χ0v) is 16.1. The van der Waals surface area contributed by atoms with E-state index in [1.54, 1.807) is 6.07 Å². The van der Waals surface area contributed by atoms with Crippen LogP contribution < -0.4 is 5.32 Å². The van der Waals surface area contributed by atoms with E-state index in [1.807, 2.05) is 22.6 Å². The van der Waals surface area contributed by atoms with Crippen molar-refractivity contribution in [3.63, 3.8) is 0 Å². The van der Waals surface area contributed by atoms with Gasteiger partial charge < -0.3 is 9.73 Å². The van der Waals surface area contributed by atoms with Crippen molar-refractivity contribution in [3.05, 3.63) is 65.7 Å². The van der Waals surface area contributed by atoms with Gasteiger partial charge in [-0.2, -0.15) is 0 Å². The van der Waals surface area contributed by atoms with Crippen LogP contribution in [0.4, 0.5) is 10.5 Å². The van der Waals surface area contributed by atoms with Gasteiger partial charge in [-0.1, -0.05) is 12.1 Å². The van der Waals surface area contributed by atoms with E-state index in [-0.39, 0.29) is 17.9 Å². The lowest BCUT2D eigenvalue weighted by Gasteiger charge is -2.11. The first kappa shape index (κ1) is 17.6. The number of urea groups is 1. The number of imide groups is 1. The molecule has 2 heterocycles. The number of nitrogens with one attached hydrogen (secondary N) is 1. The molecule has 2 aromatic rings. The van der Waals surface area contributed by atoms with E-state index in [9.17, 15) is 19.7 Å². The normalized spacial score (nSPS) is 15.8. The minimum Gasteiger partial charge on any atom is -0.450 e. The first-order chi connectivity index (χ1) is 11.8. The zero-order valence-electron chi connectivity index (χ0n) is 12.4. The summed E-state index contributed by atoms with van der Waals surface area (Å²) < 4.78 is 6.80. The predicted octanol–water partition coefficient (Wildman–Crippen LogP) is 3.65. The first-order valence-electron chi connectivity index (χ1n) is 6.88. The van der Waals surface area contributed by atoms with Gasteiger partial charge in [-0.3, -0.25) is 19.8 Å². The predicted molar refractivity (Wildman–Crippen MR) is 99.3 cm³/mol. The van der Waals surface area contributed by atoms with Gasteiger partial charge in [0, 0.05) is 40.8 Å². The van der Waals surface area contributed by atoms with Gasteiger partial charge >= 0.3 is 6.03 Å². The number of rotatable bonds is 4. The maximum atomic E-state index is 12.4. The lowest BCUT2D eigenvalue weighted by atomic mass is 10.2. The minimum absolute atomic E-state index is 0.0133. The Hall–Kier alpha value is -2.21. The Morgan fingerprint density at radius 2 is 2.00 bits per heavy atom. The molecule has 1 N–H and O–H groups in total. The highest BCUT2D eigenvalue weighted by atomic mass is 127. The van der Waals surface area contributed by atoms with E-state index in [2.05, 4.69) is 21.2 Å². The van der Waals surface area contributed by atoms with Crippen LogP contribution >= 0.6 is 38.5 Å². The second kappa shape index (κ2) is 6.96. The Kier molecular flexibility index (Phi) is 4.90. The quantitative estimate of drug-likeness (QED) is 0.219. The molecule has 1 aliphatic heterocycles. The summed E-state index contributed by atoms with van der Waals surface area (Å²) in [6.45, 7) is 0.0133. The number of nitro benzene ring substituents is 1. The van der Waals surface area contributed by atoms with Crippen molar-refractivity contribution in [3.8, 4) is 0 Å². The Morgan fingerprint density at radius 3 is 2.56 bits per heavy atom. The third-order valence-corrected chi connectivity index (χ3v) is 5.53. The van der Waals surface area contributed by atoms with Crippen LogP contribution in [0.2, 0.25) is 0 Å². The van der Waals surface area contributed by atoms with Crippen LogP contribution in [0, 0.1) is 13.9 Å². The maximum absolute atomic E-state index is 12.4. The fraction of sp³-hybridized carbons (Fsp3) is 0.0667. The van der Waals surface area contributed by atoms with Crippen molar-refractivity contribution in [2.24, 2.45) is 0 Å². The van der Waals surface area contributed by atoms with Crippen molar-refractivity contribution in [2.45, 2.75) is 6.54 Å². The van der Waals surface area contributed by atoms with Crippen LogP contribution in [-0.2, 0) is 11.3 Å². The molecule has 1 aromatic carbocycles. The minimum atomic E-state index is -0.560. The van der Waals surface area contributed by atoms with Gasteiger partial charge in [0.25, 0.3) is 11.6 Å². The molecule has 0 spiro atoms. The molecule has 25 heavy (non-hydrogen) atoms. The number of furan rings is 1. The molecule has 0 radical (unpaired) electrons. The molecule has 0 bridgehead atoms. The van der Waals surface area contributed by atoms with Crippen LogP contribution in [0.1, 0.15) is 11.3 Å². The number of hydrogen-bond donors (Lipinski definition) is 1. The summed E-state index contributed by atoms with van der Waals surface area (Å²) in [5.41, 5.74) is 0.648. The van der Waals surface area contributed by atoms with E-state index in [0.29, 0.717) is 15.1 Å². The van der Waals surface area contributed by atoms with Crippen molar-refractivity contribution in [1.82, 2.24) is 10.2 Å². The van der Waals surface area contributed by atoms with Crippen molar-refractivity contribution in [2.75, 3.05) is 0 Å². The molecule has 0 saturated carbocycles. The number of amides is 3. The van der Waals surface area contributed by atoms with Crippen molar-refractivity contribution < 1.29 is 18.9 Å². The molecule has 1 aromatic heterocycles. The molecule has 1 saturated heterocycles. The van der Waals surface area contributed by atoms with Gasteiger partial charge in [0.05, 0.1) is 15.9 Å². The van der Waals surface area contributed by atoms with Gasteiger partial charge in [0.1, 0.15) is 11.5 Å². The monoisotopic (exact) mass is 517 g/mol. The summed E-state index contributed by atoms with van der Waals surface area (Å²) in [7, 11) is 0. The van der Waals surface area contributed by atoms with E-state index in [0.717, 1.165) is 9.37 Å². The fourth-order valence-electron chi connectivity index (χ4n) is 2.20. The number of carbonyl (C=O) groups excluding carboxylic acids is 2. The number of nitrogens with zero attached hydrogens (tertiary/aromatic N) is 2. The summed E-state index contributed by atoms with van der Waals surface area (Å²) in [4.78, 5) is 35.6. The Morgan fingerprint density at radius 1 is 1.32 bits per heavy atom. The topological polar surface area (TPSA) is 106 Å². The third kappa shape index (κ3) is 3.74. The fourth-order valence-corrected chi connectivity index (χ4v) is 2.91. The zero-order chi connectivity index (χ0) is 18.1. The van der Waals surface area contributed by atoms with Gasteiger partial charge in [0.2, 0.25) is 0 Å². The van der Waals surface area contributed by atoms with Crippen LogP contribution in [0.3, 0.4) is 0 Å². The summed E-state index contributed by atoms with van der Waals surface area (Å²) in [6.07, 6.45) is 1.45. The van der Waals surface area contributed by atoms with Gasteiger partial charge in [-0.25, -0.2) is 4.79 Å². The Labute approximate surface area is 163 Å². The van der Waals surface area contributed by atoms with Gasteiger partial charge in [-0.05, 0) is 27.6 Å². The number of non-ortho nitro benzene ring substituents is 1.